The molecule has 0 saturated carbocycles. The summed E-state index contributed by atoms with van der Waals surface area (Å²) in [5, 5.41) is 11.1. The van der Waals surface area contributed by atoms with Crippen molar-refractivity contribution in [3.63, 3.8) is 0 Å². The average molecular weight is 542 g/mol. The maximum absolute atomic E-state index is 13.9. The summed E-state index contributed by atoms with van der Waals surface area (Å²) in [7, 11) is 2.05. The van der Waals surface area contributed by atoms with Crippen LogP contribution in [-0.4, -0.2) is 59.7 Å². The van der Waals surface area contributed by atoms with Gasteiger partial charge in [0, 0.05) is 31.1 Å². The Morgan fingerprint density at radius 1 is 1.03 bits per heavy atom. The van der Waals surface area contributed by atoms with E-state index in [4.69, 9.17) is 27.9 Å². The highest BCUT2D eigenvalue weighted by Crippen LogP contribution is 2.31. The van der Waals surface area contributed by atoms with E-state index in [1.54, 1.807) is 4.90 Å². The molecule has 0 aliphatic carbocycles. The van der Waals surface area contributed by atoms with Crippen LogP contribution >= 0.6 is 23.2 Å². The van der Waals surface area contributed by atoms with E-state index >= 15 is 0 Å². The lowest BCUT2D eigenvalue weighted by Gasteiger charge is -2.35. The Hall–Kier alpha value is -2.41. The van der Waals surface area contributed by atoms with Crippen LogP contribution in [0.1, 0.15) is 35.3 Å². The smallest absolute Gasteiger partial charge is 0.254 e. The van der Waals surface area contributed by atoms with Crippen molar-refractivity contribution in [1.82, 2.24) is 9.80 Å². The van der Waals surface area contributed by atoms with Crippen molar-refractivity contribution in [2.75, 3.05) is 26.7 Å². The fourth-order valence-electron chi connectivity index (χ4n) is 4.87. The van der Waals surface area contributed by atoms with Crippen LogP contribution in [0.2, 0.25) is 10.0 Å². The molecule has 3 atom stereocenters. The van der Waals surface area contributed by atoms with Crippen LogP contribution in [0.25, 0.3) is 11.1 Å². The molecular formula is C30H34Cl2N2O3. The van der Waals surface area contributed by atoms with Gasteiger partial charge in [-0.15, -0.1) is 0 Å². The van der Waals surface area contributed by atoms with Crippen molar-refractivity contribution in [3.05, 3.63) is 93.5 Å². The third-order valence-electron chi connectivity index (χ3n) is 7.02. The second-order valence-corrected chi connectivity index (χ2v) is 10.8. The van der Waals surface area contributed by atoms with Gasteiger partial charge < -0.3 is 14.7 Å². The van der Waals surface area contributed by atoms with Crippen LogP contribution in [0, 0.1) is 5.92 Å². The van der Waals surface area contributed by atoms with Crippen LogP contribution in [0.4, 0.5) is 0 Å². The number of hydrogen-bond acceptors (Lipinski definition) is 4. The third-order valence-corrected chi connectivity index (χ3v) is 7.76. The Labute approximate surface area is 229 Å². The van der Waals surface area contributed by atoms with Gasteiger partial charge in [-0.3, -0.25) is 9.69 Å². The zero-order chi connectivity index (χ0) is 26.5. The van der Waals surface area contributed by atoms with Crippen molar-refractivity contribution >= 4 is 29.1 Å². The van der Waals surface area contributed by atoms with Gasteiger partial charge in [-0.25, -0.2) is 0 Å². The summed E-state index contributed by atoms with van der Waals surface area (Å²) in [5.74, 6) is -0.0600. The number of fused-ring (bicyclic) bond motifs is 3. The summed E-state index contributed by atoms with van der Waals surface area (Å²) >= 11 is 12.3. The first kappa shape index (κ1) is 27.6. The predicted molar refractivity (Wildman–Crippen MR) is 150 cm³/mol. The quantitative estimate of drug-likeness (QED) is 0.407. The van der Waals surface area contributed by atoms with Crippen LogP contribution in [0.15, 0.2) is 66.7 Å². The van der Waals surface area contributed by atoms with Crippen LogP contribution < -0.4 is 0 Å². The van der Waals surface area contributed by atoms with E-state index in [2.05, 4.69) is 17.9 Å². The van der Waals surface area contributed by atoms with E-state index in [1.807, 2.05) is 74.6 Å². The molecule has 37 heavy (non-hydrogen) atoms. The van der Waals surface area contributed by atoms with Crippen molar-refractivity contribution in [2.24, 2.45) is 5.92 Å². The molecule has 1 heterocycles. The number of carbonyl (C=O) groups excluding carboxylic acids is 1. The second kappa shape index (κ2) is 12.4. The first-order chi connectivity index (χ1) is 17.8. The number of nitrogens with zero attached hydrogens (tertiary/aromatic N) is 2. The van der Waals surface area contributed by atoms with E-state index in [1.165, 1.54) is 0 Å². The summed E-state index contributed by atoms with van der Waals surface area (Å²) in [6, 6.07) is 21.1. The minimum absolute atomic E-state index is 0.0200. The van der Waals surface area contributed by atoms with Gasteiger partial charge in [-0.1, -0.05) is 78.7 Å². The number of likely N-dealkylation sites (N-methyl/N-ethyl adjacent to an activating group) is 1. The van der Waals surface area contributed by atoms with Crippen molar-refractivity contribution < 1.29 is 14.6 Å². The van der Waals surface area contributed by atoms with Crippen molar-refractivity contribution in [2.45, 2.75) is 39.1 Å². The molecule has 196 valence electrons. The van der Waals surface area contributed by atoms with Gasteiger partial charge in [0.15, 0.2) is 0 Å². The number of benzene rings is 3. The Balaban J connectivity index is 1.66. The first-order valence-electron chi connectivity index (χ1n) is 12.6. The molecule has 1 aliphatic heterocycles. The number of aliphatic hydroxyl groups is 1. The molecule has 1 amide bonds. The van der Waals surface area contributed by atoms with Crippen LogP contribution in [0.3, 0.4) is 0 Å². The largest absolute Gasteiger partial charge is 0.394 e. The SMILES string of the molecule is C[C@@H]1CN([C@@H](C)CO)C(=O)c2ccccc2-c2ccccc2CO[C@@H]1CN(C)Cc1ccc(Cl)c(Cl)c1. The third kappa shape index (κ3) is 6.54. The van der Waals surface area contributed by atoms with E-state index in [0.29, 0.717) is 41.8 Å². The second-order valence-electron chi connectivity index (χ2n) is 9.96. The molecular weight excluding hydrogens is 507 g/mol. The lowest BCUT2D eigenvalue weighted by molar-refractivity contribution is -0.0241. The normalized spacial score (nSPS) is 19.2. The Morgan fingerprint density at radius 3 is 2.41 bits per heavy atom. The number of hydrogen-bond donors (Lipinski definition) is 1. The molecule has 5 nitrogen and oxygen atoms in total. The molecule has 3 aromatic rings. The van der Waals surface area contributed by atoms with Crippen LogP contribution in [0.5, 0.6) is 0 Å². The summed E-state index contributed by atoms with van der Waals surface area (Å²) in [5.41, 5.74) is 4.60. The zero-order valence-electron chi connectivity index (χ0n) is 21.5. The van der Waals surface area contributed by atoms with Crippen LogP contribution in [-0.2, 0) is 17.9 Å². The fourth-order valence-corrected chi connectivity index (χ4v) is 5.19. The molecule has 4 rings (SSSR count). The molecule has 0 unspecified atom stereocenters. The molecule has 1 aliphatic rings. The topological polar surface area (TPSA) is 53.0 Å². The number of carbonyl (C=O) groups is 1. The number of aliphatic hydroxyl groups excluding tert-OH is 1. The minimum Gasteiger partial charge on any atom is -0.394 e. The van der Waals surface area contributed by atoms with Gasteiger partial charge in [0.1, 0.15) is 0 Å². The van der Waals surface area contributed by atoms with E-state index in [9.17, 15) is 9.90 Å². The maximum Gasteiger partial charge on any atom is 0.254 e. The van der Waals surface area contributed by atoms with Gasteiger partial charge in [0.25, 0.3) is 5.91 Å². The molecule has 1 N–H and O–H groups in total. The lowest BCUT2D eigenvalue weighted by atomic mass is 9.94. The van der Waals surface area contributed by atoms with E-state index in [-0.39, 0.29) is 30.6 Å². The molecule has 0 saturated heterocycles. The minimum atomic E-state index is -0.325. The first-order valence-corrected chi connectivity index (χ1v) is 13.4. The maximum atomic E-state index is 13.9. The zero-order valence-corrected chi connectivity index (χ0v) is 23.0. The van der Waals surface area contributed by atoms with Gasteiger partial charge in [-0.2, -0.15) is 0 Å². The molecule has 0 bridgehead atoms. The summed E-state index contributed by atoms with van der Waals surface area (Å²) < 4.78 is 6.59. The molecule has 0 aromatic heterocycles. The monoisotopic (exact) mass is 540 g/mol. The number of ether oxygens (including phenoxy) is 1. The van der Waals surface area contributed by atoms with Crippen molar-refractivity contribution in [3.8, 4) is 11.1 Å². The highest BCUT2D eigenvalue weighted by Gasteiger charge is 2.30. The molecule has 0 spiro atoms. The molecule has 0 radical (unpaired) electrons. The Morgan fingerprint density at radius 2 is 1.70 bits per heavy atom. The number of amides is 1. The number of rotatable bonds is 6. The summed E-state index contributed by atoms with van der Waals surface area (Å²) in [6.07, 6.45) is -0.150. The fraction of sp³-hybridized carbons (Fsp3) is 0.367. The predicted octanol–water partition coefficient (Wildman–Crippen LogP) is 6.15. The van der Waals surface area contributed by atoms with Gasteiger partial charge >= 0.3 is 0 Å². The Kier molecular flexibility index (Phi) is 9.27. The lowest BCUT2D eigenvalue weighted by Crippen LogP contribution is -2.47. The summed E-state index contributed by atoms with van der Waals surface area (Å²) in [6.45, 7) is 6.12. The summed E-state index contributed by atoms with van der Waals surface area (Å²) in [4.78, 5) is 17.9. The average Bonchev–Trinajstić information content (AvgIpc) is 2.92. The molecule has 0 fully saturated rings. The van der Waals surface area contributed by atoms with E-state index in [0.717, 1.165) is 22.3 Å². The standard InChI is InChI=1S/C30H34Cl2N2O3/c1-20-15-34(21(2)18-35)30(36)26-11-7-6-10-25(26)24-9-5-4-8-23(24)19-37-29(20)17-33(3)16-22-12-13-27(31)28(32)14-22/h4-14,20-21,29,35H,15-19H2,1-3H3/t20-,21+,29-/m1/s1. The highest BCUT2D eigenvalue weighted by atomic mass is 35.5. The van der Waals surface area contributed by atoms with E-state index < -0.39 is 0 Å². The van der Waals surface area contributed by atoms with Gasteiger partial charge in [-0.05, 0) is 54.4 Å². The van der Waals surface area contributed by atoms with Crippen molar-refractivity contribution in [1.29, 1.82) is 0 Å². The highest BCUT2D eigenvalue weighted by molar-refractivity contribution is 6.42. The van der Waals surface area contributed by atoms with Gasteiger partial charge in [0.05, 0.1) is 35.4 Å². The Bertz CT molecular complexity index is 1230. The molecule has 3 aromatic carbocycles. The number of halogens is 2. The molecule has 7 heteroatoms. The van der Waals surface area contributed by atoms with Gasteiger partial charge in [0.2, 0.25) is 0 Å².